The highest BCUT2D eigenvalue weighted by atomic mass is 32.2. The summed E-state index contributed by atoms with van der Waals surface area (Å²) in [6.07, 6.45) is 8.88. The molecule has 53 heavy (non-hydrogen) atoms. The number of carbonyl (C=O) groups excluding carboxylic acids is 7. The van der Waals surface area contributed by atoms with Crippen LogP contribution in [0, 0.1) is 0 Å². The number of likely N-dealkylation sites (N-methyl/N-ethyl adjacent to an activating group) is 1. The van der Waals surface area contributed by atoms with E-state index < -0.39 is 52.7 Å². The van der Waals surface area contributed by atoms with Gasteiger partial charge in [0.25, 0.3) is 5.91 Å². The maximum atomic E-state index is 14.0. The first-order valence-electron chi connectivity index (χ1n) is 17.4. The molecule has 5 heterocycles. The molecule has 2 aromatic rings. The van der Waals surface area contributed by atoms with E-state index in [1.807, 2.05) is 24.5 Å². The second-order valence-corrected chi connectivity index (χ2v) is 15.0. The SMILES string of the molecule is CCN1CCN(C(=O)N[C@@H](C(=O)N[C@]2(NC=O)C(=O)N3C(C(=O)[O-])=C(CSc4cc[n+](N5CCCCCC5)cc4)CS[C@@H]32)c2ccccc2)C(=O)C1=O. The number of hydrogen-bond acceptors (Lipinski definition) is 11. The zero-order chi connectivity index (χ0) is 37.7. The molecule has 3 saturated heterocycles. The van der Waals surface area contributed by atoms with Crippen LogP contribution in [-0.2, 0) is 28.8 Å². The van der Waals surface area contributed by atoms with Gasteiger partial charge in [0.1, 0.15) is 11.4 Å². The summed E-state index contributed by atoms with van der Waals surface area (Å²) in [6, 6.07) is 9.41. The normalized spacial score (nSPS) is 22.4. The van der Waals surface area contributed by atoms with Crippen LogP contribution in [-0.4, -0.2) is 112 Å². The highest BCUT2D eigenvalue weighted by molar-refractivity contribution is 8.01. The zero-order valence-corrected chi connectivity index (χ0v) is 30.7. The Hall–Kier alpha value is -5.10. The number of pyridine rings is 1. The first kappa shape index (κ1) is 37.7. The van der Waals surface area contributed by atoms with Gasteiger partial charge in [-0.15, -0.1) is 23.5 Å². The number of hydrogen-bond donors (Lipinski definition) is 3. The molecule has 280 valence electrons. The van der Waals surface area contributed by atoms with Crippen molar-refractivity contribution in [3.63, 3.8) is 0 Å². The van der Waals surface area contributed by atoms with Crippen LogP contribution in [0.4, 0.5) is 4.79 Å². The van der Waals surface area contributed by atoms with E-state index in [0.29, 0.717) is 10.5 Å². The lowest BCUT2D eigenvalue weighted by Crippen LogP contribution is -2.85. The standard InChI is InChI=1S/C35H40N8O8S2/c1-2-39-18-19-42(30(47)29(39)46)34(51)37-26(23-10-6-5-7-11-23)28(45)38-35(36-22-44)32(50)43-27(31(48)49)24(21-53-33(35)43)20-52-25-12-16-41(17-13-25)40-14-8-3-4-9-15-40/h5-7,10-13,16-17,22,26,33H,2-4,8-9,14-15,18-21H2,1H3,(H3-,36,37,38,44,45,48,49,51)/t26-,33-,35-/m1/s1. The van der Waals surface area contributed by atoms with Gasteiger partial charge >= 0.3 is 17.8 Å². The molecule has 16 nitrogen and oxygen atoms in total. The van der Waals surface area contributed by atoms with Crippen LogP contribution in [0.3, 0.4) is 0 Å². The van der Waals surface area contributed by atoms with Gasteiger partial charge in [0.15, 0.2) is 0 Å². The Kier molecular flexibility index (Phi) is 11.6. The van der Waals surface area contributed by atoms with Crippen LogP contribution in [0.1, 0.15) is 44.2 Å². The van der Waals surface area contributed by atoms with Gasteiger partial charge in [-0.2, -0.15) is 5.01 Å². The fourth-order valence-corrected chi connectivity index (χ4v) is 9.27. The molecule has 3 fully saturated rings. The number of aliphatic carboxylic acids is 1. The summed E-state index contributed by atoms with van der Waals surface area (Å²) in [6.45, 7) is 3.96. The summed E-state index contributed by atoms with van der Waals surface area (Å²) < 4.78 is 2.07. The summed E-state index contributed by atoms with van der Waals surface area (Å²) in [4.78, 5) is 94.8. The number of piperazine rings is 1. The van der Waals surface area contributed by atoms with Gasteiger partial charge < -0.3 is 30.8 Å². The van der Waals surface area contributed by atoms with Gasteiger partial charge in [0, 0.05) is 48.2 Å². The Morgan fingerprint density at radius 3 is 2.34 bits per heavy atom. The molecule has 0 aliphatic carbocycles. The van der Waals surface area contributed by atoms with E-state index in [-0.39, 0.29) is 48.8 Å². The third-order valence-corrected chi connectivity index (χ3v) is 12.1. The van der Waals surface area contributed by atoms with Gasteiger partial charge in [-0.1, -0.05) is 47.8 Å². The quantitative estimate of drug-likeness (QED) is 0.0612. The van der Waals surface area contributed by atoms with Crippen LogP contribution < -0.4 is 30.7 Å². The van der Waals surface area contributed by atoms with Crippen LogP contribution in [0.5, 0.6) is 0 Å². The Labute approximate surface area is 314 Å². The summed E-state index contributed by atoms with van der Waals surface area (Å²) >= 11 is 2.57. The molecular formula is C35H40N8O8S2. The fourth-order valence-electron chi connectivity index (χ4n) is 6.82. The van der Waals surface area contributed by atoms with Crippen molar-refractivity contribution in [2.45, 2.75) is 54.6 Å². The topological polar surface area (TPSA) is 195 Å². The number of carbonyl (C=O) groups is 7. The van der Waals surface area contributed by atoms with Crippen LogP contribution in [0.25, 0.3) is 0 Å². The molecule has 0 saturated carbocycles. The lowest BCUT2D eigenvalue weighted by atomic mass is 9.94. The van der Waals surface area contributed by atoms with Crippen LogP contribution in [0.15, 0.2) is 71.0 Å². The predicted octanol–water partition coefficient (Wildman–Crippen LogP) is -0.803. The van der Waals surface area contributed by atoms with Gasteiger partial charge in [-0.25, -0.2) is 4.79 Å². The predicted molar refractivity (Wildman–Crippen MR) is 191 cm³/mol. The number of benzene rings is 1. The van der Waals surface area contributed by atoms with Crippen molar-refractivity contribution in [2.75, 3.05) is 49.2 Å². The van der Waals surface area contributed by atoms with Gasteiger partial charge in [0.2, 0.25) is 30.4 Å². The second-order valence-electron chi connectivity index (χ2n) is 12.8. The maximum absolute atomic E-state index is 14.0. The number of β-lactam (4-membered cyclic amide) rings is 1. The van der Waals surface area contributed by atoms with Gasteiger partial charge in [-0.05, 0) is 30.9 Å². The number of rotatable bonds is 12. The molecule has 4 aliphatic heterocycles. The molecule has 3 N–H and O–H groups in total. The minimum atomic E-state index is -2.07. The highest BCUT2D eigenvalue weighted by Crippen LogP contribution is 2.45. The number of urea groups is 1. The fraction of sp³-hybridized carbons (Fsp3) is 0.429. The van der Waals surface area contributed by atoms with Crippen LogP contribution >= 0.6 is 23.5 Å². The Balaban J connectivity index is 1.18. The van der Waals surface area contributed by atoms with Crippen molar-refractivity contribution >= 4 is 65.6 Å². The number of amides is 7. The van der Waals surface area contributed by atoms with Gasteiger partial charge in [-0.3, -0.25) is 33.8 Å². The van der Waals surface area contributed by atoms with E-state index >= 15 is 0 Å². The first-order chi connectivity index (χ1) is 25.6. The van der Waals surface area contributed by atoms with Crippen molar-refractivity contribution in [2.24, 2.45) is 0 Å². The summed E-state index contributed by atoms with van der Waals surface area (Å²) in [5.41, 5.74) is -1.68. The number of imide groups is 1. The van der Waals surface area contributed by atoms with Crippen molar-refractivity contribution in [3.05, 3.63) is 71.7 Å². The molecule has 4 aliphatic rings. The summed E-state index contributed by atoms with van der Waals surface area (Å²) in [5.74, 6) is -4.92. The molecule has 3 atom stereocenters. The molecule has 0 unspecified atom stereocenters. The summed E-state index contributed by atoms with van der Waals surface area (Å²) in [7, 11) is 0. The lowest BCUT2D eigenvalue weighted by Gasteiger charge is -2.57. The lowest BCUT2D eigenvalue weighted by molar-refractivity contribution is -0.693. The van der Waals surface area contributed by atoms with Crippen molar-refractivity contribution in [1.29, 1.82) is 0 Å². The summed E-state index contributed by atoms with van der Waals surface area (Å²) in [5, 5.41) is 21.2. The number of nitrogens with one attached hydrogen (secondary N) is 3. The third kappa shape index (κ3) is 7.55. The Bertz CT molecular complexity index is 1800. The third-order valence-electron chi connectivity index (χ3n) is 9.66. The number of carboxylic acids is 1. The molecule has 1 aromatic heterocycles. The molecule has 0 spiro atoms. The van der Waals surface area contributed by atoms with E-state index in [1.54, 1.807) is 37.3 Å². The zero-order valence-electron chi connectivity index (χ0n) is 29.0. The average molecular weight is 765 g/mol. The monoisotopic (exact) mass is 764 g/mol. The van der Waals surface area contributed by atoms with Gasteiger partial charge in [0.05, 0.1) is 24.8 Å². The molecule has 6 rings (SSSR count). The van der Waals surface area contributed by atoms with E-state index in [2.05, 4.69) is 25.6 Å². The molecule has 0 bridgehead atoms. The second kappa shape index (κ2) is 16.3. The van der Waals surface area contributed by atoms with Crippen LogP contribution in [0.2, 0.25) is 0 Å². The Morgan fingerprint density at radius 1 is 1.00 bits per heavy atom. The molecule has 0 radical (unpaired) electrons. The Morgan fingerprint density at radius 2 is 1.70 bits per heavy atom. The van der Waals surface area contributed by atoms with E-state index in [0.717, 1.165) is 47.5 Å². The van der Waals surface area contributed by atoms with Crippen molar-refractivity contribution < 1.29 is 43.3 Å². The average Bonchev–Trinajstić information content (AvgIpc) is 3.46. The molecule has 1 aromatic carbocycles. The van der Waals surface area contributed by atoms with E-state index in [4.69, 9.17) is 0 Å². The van der Waals surface area contributed by atoms with E-state index in [9.17, 15) is 38.7 Å². The molecule has 18 heteroatoms. The minimum absolute atomic E-state index is 0.0992. The smallest absolute Gasteiger partial charge is 0.325 e. The number of aromatic nitrogens is 1. The minimum Gasteiger partial charge on any atom is -0.543 e. The number of carboxylic acid groups (broad SMARTS) is 1. The number of thioether (sulfide) groups is 2. The molecular weight excluding hydrogens is 725 g/mol. The first-order valence-corrected chi connectivity index (χ1v) is 19.4. The van der Waals surface area contributed by atoms with Crippen molar-refractivity contribution in [3.8, 4) is 0 Å². The number of fused-ring (bicyclic) bond motifs is 1. The molecule has 7 amide bonds. The largest absolute Gasteiger partial charge is 0.543 e. The van der Waals surface area contributed by atoms with E-state index in [1.165, 1.54) is 29.5 Å². The highest BCUT2D eigenvalue weighted by Gasteiger charge is 2.65. The maximum Gasteiger partial charge on any atom is 0.325 e. The van der Waals surface area contributed by atoms with Crippen molar-refractivity contribution in [1.82, 2.24) is 30.7 Å². The number of nitrogens with zero attached hydrogens (tertiary/aromatic N) is 5.